The van der Waals surface area contributed by atoms with Crippen molar-refractivity contribution < 1.29 is 0 Å². The molecule has 3 N–H and O–H groups in total. The van der Waals surface area contributed by atoms with Crippen molar-refractivity contribution in [3.8, 4) is 0 Å². The first-order valence-electron chi connectivity index (χ1n) is 9.23. The van der Waals surface area contributed by atoms with E-state index in [2.05, 4.69) is 82.7 Å². The van der Waals surface area contributed by atoms with E-state index in [1.807, 2.05) is 11.9 Å². The van der Waals surface area contributed by atoms with E-state index < -0.39 is 0 Å². The number of hydrazone groups is 1. The fourth-order valence-corrected chi connectivity index (χ4v) is 3.77. The van der Waals surface area contributed by atoms with Gasteiger partial charge in [0.05, 0.1) is 0 Å². The Balaban J connectivity index is 1.59. The van der Waals surface area contributed by atoms with Crippen LogP contribution in [-0.4, -0.2) is 36.4 Å². The van der Waals surface area contributed by atoms with Gasteiger partial charge in [0.2, 0.25) is 0 Å². The van der Waals surface area contributed by atoms with Crippen molar-refractivity contribution >= 4 is 28.5 Å². The minimum absolute atomic E-state index is 0.396. The van der Waals surface area contributed by atoms with Crippen LogP contribution in [0.4, 0.5) is 5.69 Å². The fraction of sp³-hybridized carbons (Fsp3) is 0.227. The van der Waals surface area contributed by atoms with Crippen molar-refractivity contribution in [2.24, 2.45) is 10.9 Å². The van der Waals surface area contributed by atoms with Gasteiger partial charge < -0.3 is 15.7 Å². The number of fused-ring (bicyclic) bond motifs is 1. The Morgan fingerprint density at radius 1 is 1.22 bits per heavy atom. The summed E-state index contributed by atoms with van der Waals surface area (Å²) in [5, 5.41) is 4.84. The minimum Gasteiger partial charge on any atom is -0.361 e. The van der Waals surface area contributed by atoms with Crippen LogP contribution in [0.5, 0.6) is 0 Å². The van der Waals surface area contributed by atoms with Gasteiger partial charge in [-0.25, -0.2) is 0 Å². The van der Waals surface area contributed by atoms with E-state index in [0.717, 1.165) is 24.3 Å². The number of nitrogens with one attached hydrogen (secondary N) is 1. The van der Waals surface area contributed by atoms with Crippen molar-refractivity contribution in [1.82, 2.24) is 9.88 Å². The summed E-state index contributed by atoms with van der Waals surface area (Å²) in [6.07, 6.45) is 6.08. The van der Waals surface area contributed by atoms with Crippen LogP contribution >= 0.6 is 0 Å². The summed E-state index contributed by atoms with van der Waals surface area (Å²) in [5.41, 5.74) is 6.20. The first-order valence-corrected chi connectivity index (χ1v) is 9.23. The quantitative estimate of drug-likeness (QED) is 0.314. The average molecular weight is 359 g/mol. The number of aromatic nitrogens is 1. The summed E-state index contributed by atoms with van der Waals surface area (Å²) in [5.74, 6) is 5.29. The van der Waals surface area contributed by atoms with Crippen LogP contribution in [0, 0.1) is 0 Å². The lowest BCUT2D eigenvalue weighted by atomic mass is 10.0. The molecule has 4 rings (SSSR count). The number of nitrogens with zero attached hydrogens (tertiary/aromatic N) is 3. The second kappa shape index (κ2) is 7.29. The van der Waals surface area contributed by atoms with Crippen molar-refractivity contribution in [3.05, 3.63) is 71.9 Å². The predicted molar refractivity (Wildman–Crippen MR) is 114 cm³/mol. The van der Waals surface area contributed by atoms with Gasteiger partial charge in [0.15, 0.2) is 0 Å². The normalized spacial score (nSPS) is 16.1. The van der Waals surface area contributed by atoms with Crippen LogP contribution in [0.25, 0.3) is 16.5 Å². The van der Waals surface area contributed by atoms with Gasteiger partial charge in [-0.2, -0.15) is 5.10 Å². The van der Waals surface area contributed by atoms with Gasteiger partial charge in [-0.15, -0.1) is 0 Å². The van der Waals surface area contributed by atoms with E-state index in [1.54, 1.807) is 6.34 Å². The Labute approximate surface area is 159 Å². The van der Waals surface area contributed by atoms with Crippen LogP contribution in [0.15, 0.2) is 65.9 Å². The lowest BCUT2D eigenvalue weighted by molar-refractivity contribution is 0.277. The first kappa shape index (κ1) is 17.4. The summed E-state index contributed by atoms with van der Waals surface area (Å²) < 4.78 is 0. The number of hydrogen-bond acceptors (Lipinski definition) is 3. The number of aromatic amines is 1. The number of benzene rings is 2. The summed E-state index contributed by atoms with van der Waals surface area (Å²) in [7, 11) is 1.95. The van der Waals surface area contributed by atoms with Gasteiger partial charge in [-0.1, -0.05) is 36.4 Å². The molecule has 0 bridgehead atoms. The summed E-state index contributed by atoms with van der Waals surface area (Å²) in [4.78, 5) is 7.82. The molecular formula is C22H25N5. The Kier molecular flexibility index (Phi) is 4.69. The van der Waals surface area contributed by atoms with Crippen LogP contribution in [0.3, 0.4) is 0 Å². The standard InChI is InChI=1S/C22H25N5/c1-16(17-6-4-3-5-7-17)27-11-10-18(14-27)21-13-24-22-9-8-19(12-20(21)22)26(2)15-25-23/h3-10,12-13,15-16,24H,11,14,23H2,1-2H3/b25-15-/t16-/m1/s1. The summed E-state index contributed by atoms with van der Waals surface area (Å²) >= 11 is 0. The summed E-state index contributed by atoms with van der Waals surface area (Å²) in [6, 6.07) is 17.5. The van der Waals surface area contributed by atoms with Gasteiger partial charge >= 0.3 is 0 Å². The zero-order chi connectivity index (χ0) is 18.8. The van der Waals surface area contributed by atoms with Crippen LogP contribution in [0.2, 0.25) is 0 Å². The molecule has 0 unspecified atom stereocenters. The van der Waals surface area contributed by atoms with Gasteiger partial charge in [-0.3, -0.25) is 4.90 Å². The molecule has 2 aromatic carbocycles. The highest BCUT2D eigenvalue weighted by molar-refractivity contribution is 5.96. The molecule has 1 aromatic heterocycles. The second-order valence-corrected chi connectivity index (χ2v) is 7.05. The maximum atomic E-state index is 5.29. The zero-order valence-electron chi connectivity index (χ0n) is 15.8. The van der Waals surface area contributed by atoms with Gasteiger partial charge in [0, 0.05) is 54.5 Å². The molecule has 0 amide bonds. The van der Waals surface area contributed by atoms with Crippen LogP contribution in [-0.2, 0) is 0 Å². The molecule has 2 heterocycles. The summed E-state index contributed by atoms with van der Waals surface area (Å²) in [6.45, 7) is 4.20. The molecule has 5 nitrogen and oxygen atoms in total. The SMILES string of the molecule is C[C@H](c1ccccc1)N1CC=C(c2c[nH]c3ccc(N(C)/C=N\N)cc23)C1. The number of anilines is 1. The van der Waals surface area contributed by atoms with Gasteiger partial charge in [-0.05, 0) is 36.3 Å². The third kappa shape index (κ3) is 3.34. The van der Waals surface area contributed by atoms with E-state index in [0.29, 0.717) is 6.04 Å². The third-order valence-corrected chi connectivity index (χ3v) is 5.43. The molecule has 3 aromatic rings. The minimum atomic E-state index is 0.396. The van der Waals surface area contributed by atoms with Crippen LogP contribution < -0.4 is 10.7 Å². The maximum Gasteiger partial charge on any atom is 0.115 e. The van der Waals surface area contributed by atoms with Crippen molar-refractivity contribution in [3.63, 3.8) is 0 Å². The van der Waals surface area contributed by atoms with Crippen molar-refractivity contribution in [2.75, 3.05) is 25.0 Å². The highest BCUT2D eigenvalue weighted by Gasteiger charge is 2.23. The average Bonchev–Trinajstić information content (AvgIpc) is 3.34. The van der Waals surface area contributed by atoms with E-state index in [9.17, 15) is 0 Å². The molecular weight excluding hydrogens is 334 g/mol. The molecule has 0 spiro atoms. The molecule has 0 radical (unpaired) electrons. The number of rotatable bonds is 5. The molecule has 27 heavy (non-hydrogen) atoms. The molecule has 0 aliphatic carbocycles. The second-order valence-electron chi connectivity index (χ2n) is 7.05. The van der Waals surface area contributed by atoms with Crippen molar-refractivity contribution in [2.45, 2.75) is 13.0 Å². The molecule has 1 aliphatic rings. The van der Waals surface area contributed by atoms with E-state index >= 15 is 0 Å². The monoisotopic (exact) mass is 359 g/mol. The van der Waals surface area contributed by atoms with Crippen molar-refractivity contribution in [1.29, 1.82) is 0 Å². The van der Waals surface area contributed by atoms with Gasteiger partial charge in [0.1, 0.15) is 6.34 Å². The zero-order valence-corrected chi connectivity index (χ0v) is 15.8. The molecule has 0 fully saturated rings. The Morgan fingerprint density at radius 3 is 2.81 bits per heavy atom. The maximum absolute atomic E-state index is 5.29. The topological polar surface area (TPSA) is 60.7 Å². The van der Waals surface area contributed by atoms with E-state index in [-0.39, 0.29) is 0 Å². The Morgan fingerprint density at radius 2 is 2.04 bits per heavy atom. The number of H-pyrrole nitrogens is 1. The number of nitrogens with two attached hydrogens (primary N) is 1. The molecule has 0 saturated carbocycles. The smallest absolute Gasteiger partial charge is 0.115 e. The lowest BCUT2D eigenvalue weighted by Crippen LogP contribution is -2.24. The van der Waals surface area contributed by atoms with Crippen LogP contribution in [0.1, 0.15) is 24.1 Å². The highest BCUT2D eigenvalue weighted by Crippen LogP contribution is 2.33. The molecule has 0 saturated heterocycles. The molecule has 1 atom stereocenters. The largest absolute Gasteiger partial charge is 0.361 e. The van der Waals surface area contributed by atoms with Gasteiger partial charge in [0.25, 0.3) is 0 Å². The third-order valence-electron chi connectivity index (χ3n) is 5.43. The molecule has 1 aliphatic heterocycles. The van der Waals surface area contributed by atoms with E-state index in [1.165, 1.54) is 22.1 Å². The number of hydrogen-bond donors (Lipinski definition) is 2. The first-order chi connectivity index (χ1) is 13.2. The highest BCUT2D eigenvalue weighted by atomic mass is 15.2. The molecule has 5 heteroatoms. The lowest BCUT2D eigenvalue weighted by Gasteiger charge is -2.24. The Bertz CT molecular complexity index is 986. The molecule has 138 valence electrons. The fourth-order valence-electron chi connectivity index (χ4n) is 3.77. The Hall–Kier alpha value is -3.05. The van der Waals surface area contributed by atoms with E-state index in [4.69, 9.17) is 5.84 Å². The predicted octanol–water partition coefficient (Wildman–Crippen LogP) is 3.97.